The molecule has 0 N–H and O–H groups in total. The summed E-state index contributed by atoms with van der Waals surface area (Å²) in [5.41, 5.74) is -0.0929. The van der Waals surface area contributed by atoms with Crippen LogP contribution in [0.15, 0.2) is 0 Å². The van der Waals surface area contributed by atoms with Crippen LogP contribution in [0.5, 0.6) is 0 Å². The fourth-order valence-corrected chi connectivity index (χ4v) is 4.67. The molecule has 0 rings (SSSR count). The van der Waals surface area contributed by atoms with E-state index in [9.17, 15) is 8.42 Å². The molecule has 6 heteroatoms. The van der Waals surface area contributed by atoms with E-state index in [-0.39, 0.29) is 35.1 Å². The Bertz CT molecular complexity index is 451. The first-order valence-electron chi connectivity index (χ1n) is 10.8. The van der Waals surface area contributed by atoms with E-state index in [0.717, 1.165) is 36.8 Å². The molecule has 0 atom stereocenters. The summed E-state index contributed by atoms with van der Waals surface area (Å²) in [5.74, 6) is 0.214. The summed E-state index contributed by atoms with van der Waals surface area (Å²) < 4.78 is 29.3. The molecule has 0 spiro atoms. The lowest BCUT2D eigenvalue weighted by Crippen LogP contribution is -2.47. The second kappa shape index (κ2) is 15.4. The maximum absolute atomic E-state index is 12.2. The van der Waals surface area contributed by atoms with Crippen molar-refractivity contribution in [1.29, 1.82) is 0 Å². The lowest BCUT2D eigenvalue weighted by molar-refractivity contribution is -0.894. The predicted molar refractivity (Wildman–Crippen MR) is 131 cm³/mol. The Balaban J connectivity index is 0. The van der Waals surface area contributed by atoms with Crippen molar-refractivity contribution in [2.24, 2.45) is 5.41 Å². The zero-order valence-electron chi connectivity index (χ0n) is 18.9. The van der Waals surface area contributed by atoms with Gasteiger partial charge in [-0.2, -0.15) is 0 Å². The highest BCUT2D eigenvalue weighted by Crippen LogP contribution is 2.24. The van der Waals surface area contributed by atoms with Crippen LogP contribution in [-0.4, -0.2) is 52.4 Å². The average Bonchev–Trinajstić information content (AvgIpc) is 2.54. The Morgan fingerprint density at radius 3 is 1.70 bits per heavy atom. The van der Waals surface area contributed by atoms with Gasteiger partial charge in [0.05, 0.1) is 37.2 Å². The monoisotopic (exact) mass is 518 g/mol. The van der Waals surface area contributed by atoms with Crippen molar-refractivity contribution in [1.82, 2.24) is 0 Å². The molecule has 4 nitrogen and oxygen atoms in total. The van der Waals surface area contributed by atoms with E-state index in [1.807, 2.05) is 0 Å². The minimum absolute atomic E-state index is 0. The second-order valence-electron chi connectivity index (χ2n) is 9.33. The van der Waals surface area contributed by atoms with E-state index >= 15 is 0 Å². The number of hydrogen-bond donors (Lipinski definition) is 0. The molecule has 0 saturated heterocycles. The fraction of sp³-hybridized carbons (Fsp3) is 1.00. The van der Waals surface area contributed by atoms with Crippen LogP contribution in [0.2, 0.25) is 0 Å². The second-order valence-corrected chi connectivity index (χ2v) is 11.2. The van der Waals surface area contributed by atoms with Crippen molar-refractivity contribution in [3.05, 3.63) is 4.72 Å². The summed E-state index contributed by atoms with van der Waals surface area (Å²) in [6.07, 6.45) is 12.1. The zero-order chi connectivity index (χ0) is 20.1. The van der Waals surface area contributed by atoms with Gasteiger partial charge >= 0.3 is 0 Å². The minimum atomic E-state index is -3.27. The maximum atomic E-state index is 12.2. The zero-order valence-corrected chi connectivity index (χ0v) is 22.1. The molecule has 0 aliphatic rings. The van der Waals surface area contributed by atoms with Gasteiger partial charge in [0.1, 0.15) is 0 Å². The Morgan fingerprint density at radius 2 is 1.26 bits per heavy atom. The molecule has 0 radical (unpaired) electrons. The molecule has 0 amide bonds. The van der Waals surface area contributed by atoms with Gasteiger partial charge in [-0.05, 0) is 18.8 Å². The molecule has 0 aromatic heterocycles. The highest BCUT2D eigenvalue weighted by molar-refractivity contribution is 14.0. The Morgan fingerprint density at radius 1 is 0.815 bits per heavy atom. The summed E-state index contributed by atoms with van der Waals surface area (Å²) in [6, 6.07) is 0. The molecular formula is C21H47IN2O2S. The molecule has 0 aliphatic heterocycles. The Kier molecular flexibility index (Phi) is 17.0. The van der Waals surface area contributed by atoms with Gasteiger partial charge in [0.15, 0.2) is 0 Å². The van der Waals surface area contributed by atoms with Gasteiger partial charge < -0.3 is 9.21 Å². The quantitative estimate of drug-likeness (QED) is 0.128. The highest BCUT2D eigenvalue weighted by Gasteiger charge is 2.25. The topological polar surface area (TPSA) is 48.2 Å². The molecule has 166 valence electrons. The van der Waals surface area contributed by atoms with E-state index in [1.54, 1.807) is 0 Å². The van der Waals surface area contributed by atoms with E-state index in [1.165, 1.54) is 44.9 Å². The van der Waals surface area contributed by atoms with Crippen LogP contribution in [0.3, 0.4) is 0 Å². The Hall–Kier alpha value is 0.600. The third-order valence-electron chi connectivity index (χ3n) is 5.16. The number of unbranched alkanes of at least 4 members (excludes halogenated alkanes) is 9. The lowest BCUT2D eigenvalue weighted by Gasteiger charge is -2.40. The summed E-state index contributed by atoms with van der Waals surface area (Å²) in [5, 5.41) is 0. The van der Waals surface area contributed by atoms with Crippen molar-refractivity contribution >= 4 is 34.0 Å². The fourth-order valence-electron chi connectivity index (χ4n) is 3.43. The van der Waals surface area contributed by atoms with Crippen LogP contribution in [0.4, 0.5) is 0 Å². The van der Waals surface area contributed by atoms with Gasteiger partial charge in [0.25, 0.3) is 0 Å². The summed E-state index contributed by atoms with van der Waals surface area (Å²) in [4.78, 5) is 0. The summed E-state index contributed by atoms with van der Waals surface area (Å²) in [6.45, 7) is 11.0. The molecule has 0 heterocycles. The number of hydrogen-bond acceptors (Lipinski definition) is 2. The summed E-state index contributed by atoms with van der Waals surface area (Å²) in [7, 11) is 1.09. The standard InChI is InChI=1S/C21H46N2O2S.HI/c1-7-9-10-11-12-13-14-15-16-17-18-26(24,25)22-19-21(3,4)20-23(5,6)8-2;/h7-20H2,1-6H3;1H. The van der Waals surface area contributed by atoms with E-state index in [4.69, 9.17) is 0 Å². The Labute approximate surface area is 187 Å². The molecule has 0 aromatic rings. The molecule has 0 bridgehead atoms. The first-order chi connectivity index (χ1) is 12.0. The molecule has 0 aliphatic carbocycles. The lowest BCUT2D eigenvalue weighted by atomic mass is 9.92. The first-order valence-corrected chi connectivity index (χ1v) is 12.4. The molecule has 0 aromatic carbocycles. The first kappa shape index (κ1) is 29.8. The number of sulfonamides is 1. The van der Waals surface area contributed by atoms with Crippen LogP contribution in [0, 0.1) is 5.41 Å². The largest absolute Gasteiger partial charge is 0.548 e. The van der Waals surface area contributed by atoms with Crippen molar-refractivity contribution in [3.63, 3.8) is 0 Å². The smallest absolute Gasteiger partial charge is 0.0817 e. The molecule has 27 heavy (non-hydrogen) atoms. The minimum Gasteiger partial charge on any atom is -0.548 e. The van der Waals surface area contributed by atoms with Gasteiger partial charge in [0, 0.05) is 5.75 Å². The third kappa shape index (κ3) is 18.4. The van der Waals surface area contributed by atoms with Gasteiger partial charge in [-0.25, -0.2) is 8.42 Å². The maximum Gasteiger partial charge on any atom is 0.0817 e. The number of nitrogens with zero attached hydrogens (tertiary/aromatic N) is 2. The summed E-state index contributed by atoms with van der Waals surface area (Å²) >= 11 is 0. The normalized spacial score (nSPS) is 12.8. The highest BCUT2D eigenvalue weighted by atomic mass is 127. The van der Waals surface area contributed by atoms with Crippen molar-refractivity contribution in [2.45, 2.75) is 91.9 Å². The van der Waals surface area contributed by atoms with Crippen LogP contribution in [0.25, 0.3) is 4.72 Å². The van der Waals surface area contributed by atoms with Crippen LogP contribution < -0.4 is 0 Å². The predicted octanol–water partition coefficient (Wildman–Crippen LogP) is 6.35. The average molecular weight is 519 g/mol. The number of quaternary nitrogens is 1. The van der Waals surface area contributed by atoms with E-state index in [0.29, 0.717) is 6.54 Å². The molecular weight excluding hydrogens is 471 g/mol. The van der Waals surface area contributed by atoms with Crippen molar-refractivity contribution in [3.8, 4) is 0 Å². The SMILES string of the molecule is CCCCCCCCCCCCS(=O)(=O)[N-]CC(C)(C)C[N+](C)(C)CC.I. The molecule has 0 fully saturated rings. The van der Waals surface area contributed by atoms with Gasteiger partial charge in [0.2, 0.25) is 0 Å². The van der Waals surface area contributed by atoms with Gasteiger partial charge in [-0.3, -0.25) is 0 Å². The molecule has 0 saturated carbocycles. The van der Waals surface area contributed by atoms with E-state index in [2.05, 4.69) is 46.5 Å². The van der Waals surface area contributed by atoms with Crippen LogP contribution in [-0.2, 0) is 10.0 Å². The van der Waals surface area contributed by atoms with Gasteiger partial charge in [-0.15, -0.1) is 30.5 Å². The van der Waals surface area contributed by atoms with Crippen molar-refractivity contribution < 1.29 is 12.9 Å². The van der Waals surface area contributed by atoms with Crippen LogP contribution >= 0.6 is 24.0 Å². The van der Waals surface area contributed by atoms with Crippen molar-refractivity contribution in [2.75, 3.05) is 39.5 Å². The van der Waals surface area contributed by atoms with E-state index < -0.39 is 10.0 Å². The van der Waals surface area contributed by atoms with Crippen LogP contribution in [0.1, 0.15) is 91.9 Å². The third-order valence-corrected chi connectivity index (χ3v) is 6.48. The molecule has 0 unspecified atom stereocenters. The number of rotatable bonds is 17. The number of halogens is 1. The van der Waals surface area contributed by atoms with Gasteiger partial charge in [-0.1, -0.05) is 78.6 Å².